The molecule has 2 saturated heterocycles. The maximum absolute atomic E-state index is 12.4. The Morgan fingerprint density at radius 3 is 2.43 bits per heavy atom. The molecule has 0 saturated carbocycles. The van der Waals surface area contributed by atoms with Crippen LogP contribution < -0.4 is 0 Å². The van der Waals surface area contributed by atoms with Gasteiger partial charge in [-0.2, -0.15) is 0 Å². The summed E-state index contributed by atoms with van der Waals surface area (Å²) >= 11 is 0. The Labute approximate surface area is 125 Å². The summed E-state index contributed by atoms with van der Waals surface area (Å²) in [5.74, 6) is 0.202. The zero-order valence-electron chi connectivity index (χ0n) is 12.4. The smallest absolute Gasteiger partial charge is 0.327 e. The van der Waals surface area contributed by atoms with Gasteiger partial charge in [0, 0.05) is 18.7 Å². The van der Waals surface area contributed by atoms with E-state index >= 15 is 0 Å². The Balaban J connectivity index is 1.90. The van der Waals surface area contributed by atoms with Gasteiger partial charge in [0.2, 0.25) is 0 Å². The summed E-state index contributed by atoms with van der Waals surface area (Å²) in [4.78, 5) is 14.7. The van der Waals surface area contributed by atoms with E-state index in [1.807, 2.05) is 30.3 Å². The number of hydrogen-bond acceptors (Lipinski definition) is 4. The first kappa shape index (κ1) is 14.5. The molecule has 2 aliphatic heterocycles. The van der Waals surface area contributed by atoms with Crippen LogP contribution in [0.2, 0.25) is 0 Å². The maximum atomic E-state index is 12.4. The molecule has 4 atom stereocenters. The molecule has 2 unspecified atom stereocenters. The van der Waals surface area contributed by atoms with Crippen LogP contribution in [0.15, 0.2) is 30.3 Å². The number of aliphatic hydroxyl groups is 1. The number of piperidine rings is 1. The van der Waals surface area contributed by atoms with Crippen LogP contribution >= 0.6 is 0 Å². The highest BCUT2D eigenvalue weighted by atomic mass is 16.5. The summed E-state index contributed by atoms with van der Waals surface area (Å²) in [6.45, 7) is 0.259. The molecule has 2 heterocycles. The van der Waals surface area contributed by atoms with E-state index in [1.54, 1.807) is 0 Å². The molecule has 0 amide bonds. The van der Waals surface area contributed by atoms with E-state index < -0.39 is 0 Å². The average Bonchev–Trinajstić information content (AvgIpc) is 2.78. The molecule has 2 bridgehead atoms. The van der Waals surface area contributed by atoms with E-state index in [0.717, 1.165) is 31.2 Å². The van der Waals surface area contributed by atoms with Gasteiger partial charge in [-0.05, 0) is 37.2 Å². The monoisotopic (exact) mass is 289 g/mol. The predicted molar refractivity (Wildman–Crippen MR) is 79.7 cm³/mol. The van der Waals surface area contributed by atoms with Crippen LogP contribution in [0.5, 0.6) is 0 Å². The molecule has 1 aromatic carbocycles. The highest BCUT2D eigenvalue weighted by molar-refractivity contribution is 5.77. The Kier molecular flexibility index (Phi) is 4.27. The van der Waals surface area contributed by atoms with Gasteiger partial charge in [0.25, 0.3) is 0 Å². The summed E-state index contributed by atoms with van der Waals surface area (Å²) in [7, 11) is 1.46. The number of rotatable bonds is 4. The first-order chi connectivity index (χ1) is 10.2. The molecule has 3 rings (SSSR count). The van der Waals surface area contributed by atoms with Crippen molar-refractivity contribution in [3.05, 3.63) is 35.9 Å². The molecule has 2 aliphatic rings. The minimum atomic E-state index is -0.312. The molecule has 0 aromatic heterocycles. The third kappa shape index (κ3) is 2.70. The van der Waals surface area contributed by atoms with Gasteiger partial charge in [-0.1, -0.05) is 30.3 Å². The second kappa shape index (κ2) is 6.16. The number of methoxy groups -OCH3 is 1. The van der Waals surface area contributed by atoms with Gasteiger partial charge < -0.3 is 9.84 Å². The van der Waals surface area contributed by atoms with Crippen molar-refractivity contribution >= 4 is 5.97 Å². The first-order valence-corrected chi connectivity index (χ1v) is 7.75. The van der Waals surface area contributed by atoms with Gasteiger partial charge >= 0.3 is 5.97 Å². The van der Waals surface area contributed by atoms with Crippen molar-refractivity contribution in [3.8, 4) is 0 Å². The van der Waals surface area contributed by atoms with Crippen molar-refractivity contribution in [1.29, 1.82) is 0 Å². The number of nitrogens with zero attached hydrogens (tertiary/aromatic N) is 1. The minimum Gasteiger partial charge on any atom is -0.468 e. The normalized spacial score (nSPS) is 30.1. The van der Waals surface area contributed by atoms with Crippen molar-refractivity contribution in [2.75, 3.05) is 13.7 Å². The molecule has 114 valence electrons. The maximum Gasteiger partial charge on any atom is 0.327 e. The first-order valence-electron chi connectivity index (χ1n) is 7.75. The number of aliphatic hydroxyl groups excluding tert-OH is 1. The van der Waals surface area contributed by atoms with Crippen molar-refractivity contribution in [2.24, 2.45) is 5.92 Å². The lowest BCUT2D eigenvalue weighted by molar-refractivity contribution is -0.150. The highest BCUT2D eigenvalue weighted by Crippen LogP contribution is 2.43. The van der Waals surface area contributed by atoms with E-state index in [1.165, 1.54) is 7.11 Å². The lowest BCUT2D eigenvalue weighted by atomic mass is 9.89. The fraction of sp³-hybridized carbons (Fsp3) is 0.588. The van der Waals surface area contributed by atoms with Gasteiger partial charge in [-0.15, -0.1) is 0 Å². The SMILES string of the molecule is COC(=O)C(c1ccccc1)N1[C@@H]2CC[C@H]1CC(CO)C2. The number of benzene rings is 1. The van der Waals surface area contributed by atoms with Crippen molar-refractivity contribution in [2.45, 2.75) is 43.8 Å². The lowest BCUT2D eigenvalue weighted by Gasteiger charge is -2.42. The van der Waals surface area contributed by atoms with Gasteiger partial charge in [0.15, 0.2) is 0 Å². The van der Waals surface area contributed by atoms with E-state index in [4.69, 9.17) is 4.74 Å². The van der Waals surface area contributed by atoms with Crippen LogP contribution in [-0.4, -0.2) is 41.8 Å². The van der Waals surface area contributed by atoms with Crippen molar-refractivity contribution in [1.82, 2.24) is 4.90 Å². The number of carbonyl (C=O) groups excluding carboxylic acids is 1. The zero-order chi connectivity index (χ0) is 14.8. The lowest BCUT2D eigenvalue weighted by Crippen LogP contribution is -2.48. The quantitative estimate of drug-likeness (QED) is 0.863. The molecule has 21 heavy (non-hydrogen) atoms. The molecule has 0 aliphatic carbocycles. The summed E-state index contributed by atoms with van der Waals surface area (Å²) in [5, 5.41) is 9.44. The van der Waals surface area contributed by atoms with Gasteiger partial charge in [0.1, 0.15) is 6.04 Å². The number of fused-ring (bicyclic) bond motifs is 2. The van der Waals surface area contributed by atoms with Gasteiger partial charge in [-0.3, -0.25) is 4.90 Å². The molecule has 4 heteroatoms. The van der Waals surface area contributed by atoms with E-state index in [-0.39, 0.29) is 18.6 Å². The molecule has 4 nitrogen and oxygen atoms in total. The average molecular weight is 289 g/mol. The van der Waals surface area contributed by atoms with E-state index in [2.05, 4.69) is 4.90 Å². The standard InChI is InChI=1S/C17H23NO3/c1-21-17(20)16(13-5-3-2-4-6-13)18-14-7-8-15(18)10-12(9-14)11-19/h2-6,12,14-16,19H,7-11H2,1H3/t12?,14-,15+,16?. The van der Waals surface area contributed by atoms with Crippen molar-refractivity contribution < 1.29 is 14.6 Å². The summed E-state index contributed by atoms with van der Waals surface area (Å²) in [5.41, 5.74) is 1.00. The Hall–Kier alpha value is -1.39. The molecule has 2 fully saturated rings. The minimum absolute atomic E-state index is 0.180. The Morgan fingerprint density at radius 1 is 1.29 bits per heavy atom. The predicted octanol–water partition coefficient (Wildman–Crippen LogP) is 2.14. The van der Waals surface area contributed by atoms with Gasteiger partial charge in [-0.25, -0.2) is 4.79 Å². The molecule has 0 spiro atoms. The third-order valence-corrected chi connectivity index (χ3v) is 4.98. The fourth-order valence-corrected chi connectivity index (χ4v) is 4.07. The summed E-state index contributed by atoms with van der Waals surface area (Å²) < 4.78 is 5.07. The van der Waals surface area contributed by atoms with Crippen LogP contribution in [0.25, 0.3) is 0 Å². The fourth-order valence-electron chi connectivity index (χ4n) is 4.07. The second-order valence-corrected chi connectivity index (χ2v) is 6.19. The highest BCUT2D eigenvalue weighted by Gasteiger charge is 2.46. The topological polar surface area (TPSA) is 49.8 Å². The summed E-state index contributed by atoms with van der Waals surface area (Å²) in [6, 6.07) is 10.3. The largest absolute Gasteiger partial charge is 0.468 e. The van der Waals surface area contributed by atoms with Crippen LogP contribution in [0.1, 0.15) is 37.3 Å². The van der Waals surface area contributed by atoms with Crippen LogP contribution in [-0.2, 0) is 9.53 Å². The number of ether oxygens (including phenoxy) is 1. The molecule has 1 N–H and O–H groups in total. The molecular weight excluding hydrogens is 266 g/mol. The summed E-state index contributed by atoms with van der Waals surface area (Å²) in [6.07, 6.45) is 4.18. The van der Waals surface area contributed by atoms with Gasteiger partial charge in [0.05, 0.1) is 7.11 Å². The number of carbonyl (C=O) groups is 1. The number of esters is 1. The van der Waals surface area contributed by atoms with Crippen LogP contribution in [0, 0.1) is 5.92 Å². The molecule has 0 radical (unpaired) electrons. The van der Waals surface area contributed by atoms with E-state index in [0.29, 0.717) is 18.0 Å². The van der Waals surface area contributed by atoms with Crippen LogP contribution in [0.3, 0.4) is 0 Å². The zero-order valence-corrected chi connectivity index (χ0v) is 12.4. The number of hydrogen-bond donors (Lipinski definition) is 1. The third-order valence-electron chi connectivity index (χ3n) is 4.98. The Bertz CT molecular complexity index is 476. The molecule has 1 aromatic rings. The Morgan fingerprint density at radius 2 is 1.90 bits per heavy atom. The van der Waals surface area contributed by atoms with E-state index in [9.17, 15) is 9.90 Å². The second-order valence-electron chi connectivity index (χ2n) is 6.19. The van der Waals surface area contributed by atoms with Crippen molar-refractivity contribution in [3.63, 3.8) is 0 Å². The van der Waals surface area contributed by atoms with Crippen LogP contribution in [0.4, 0.5) is 0 Å². The molecular formula is C17H23NO3.